The molecule has 0 unspecified atom stereocenters. The predicted molar refractivity (Wildman–Crippen MR) is 81.3 cm³/mol. The van der Waals surface area contributed by atoms with E-state index in [2.05, 4.69) is 31.0 Å². The normalized spacial score (nSPS) is 15.3. The highest BCUT2D eigenvalue weighted by molar-refractivity contribution is 9.10. The molecule has 1 amide bonds. The maximum atomic E-state index is 12.3. The molecule has 21 heavy (non-hydrogen) atoms. The number of halogens is 1. The molecule has 1 fully saturated rings. The smallest absolute Gasteiger partial charge is 0.289 e. The number of rotatable bonds is 2. The number of carbonyl (C=O) groups is 1. The van der Waals surface area contributed by atoms with E-state index in [1.807, 2.05) is 19.1 Å². The van der Waals surface area contributed by atoms with Crippen LogP contribution in [-0.2, 0) is 0 Å². The Kier molecular flexibility index (Phi) is 3.92. The van der Waals surface area contributed by atoms with Gasteiger partial charge in [-0.3, -0.25) is 4.79 Å². The quantitative estimate of drug-likeness (QED) is 0.829. The molecular formula is C14H15BrN4O2. The van der Waals surface area contributed by atoms with Crippen LogP contribution in [0.15, 0.2) is 33.4 Å². The number of anilines is 1. The zero-order valence-corrected chi connectivity index (χ0v) is 13.2. The van der Waals surface area contributed by atoms with E-state index in [-0.39, 0.29) is 5.91 Å². The lowest BCUT2D eigenvalue weighted by Gasteiger charge is -2.34. The Labute approximate surface area is 130 Å². The summed E-state index contributed by atoms with van der Waals surface area (Å²) >= 11 is 3.21. The Hall–Kier alpha value is -1.89. The molecular weight excluding hydrogens is 336 g/mol. The topological polar surface area (TPSA) is 62.5 Å². The third-order valence-corrected chi connectivity index (χ3v) is 3.88. The van der Waals surface area contributed by atoms with E-state index >= 15 is 0 Å². The maximum Gasteiger partial charge on any atom is 0.289 e. The maximum absolute atomic E-state index is 12.3. The number of piperazine rings is 1. The Morgan fingerprint density at radius 3 is 2.48 bits per heavy atom. The summed E-state index contributed by atoms with van der Waals surface area (Å²) in [5.41, 5.74) is 0.899. The zero-order valence-electron chi connectivity index (χ0n) is 11.6. The molecule has 0 saturated carbocycles. The second-order valence-electron chi connectivity index (χ2n) is 4.92. The Bertz CT molecular complexity index is 633. The first kappa shape index (κ1) is 14.1. The highest BCUT2D eigenvalue weighted by Gasteiger charge is 2.24. The van der Waals surface area contributed by atoms with E-state index in [9.17, 15) is 4.79 Å². The molecule has 110 valence electrons. The second kappa shape index (κ2) is 5.85. The van der Waals surface area contributed by atoms with Crippen molar-refractivity contribution >= 4 is 27.7 Å². The summed E-state index contributed by atoms with van der Waals surface area (Å²) in [5.74, 6) is 1.15. The largest absolute Gasteiger partial charge is 0.444 e. The first-order valence-electron chi connectivity index (χ1n) is 6.73. The summed E-state index contributed by atoms with van der Waals surface area (Å²) < 4.78 is 5.88. The molecule has 1 aliphatic heterocycles. The van der Waals surface area contributed by atoms with E-state index in [0.29, 0.717) is 23.5 Å². The molecule has 0 aliphatic carbocycles. The standard InChI is InChI=1S/C14H15BrN4O2/c1-10-2-5-13(17-16-10)18-6-8-19(9-7-18)14(20)11-3-4-12(15)21-11/h2-5H,6-9H2,1H3. The molecule has 7 heteroatoms. The van der Waals surface area contributed by atoms with Crippen molar-refractivity contribution in [1.82, 2.24) is 15.1 Å². The van der Waals surface area contributed by atoms with Crippen LogP contribution in [0, 0.1) is 6.92 Å². The molecule has 0 radical (unpaired) electrons. The molecule has 6 nitrogen and oxygen atoms in total. The summed E-state index contributed by atoms with van der Waals surface area (Å²) in [6.45, 7) is 4.69. The lowest BCUT2D eigenvalue weighted by Crippen LogP contribution is -2.49. The van der Waals surface area contributed by atoms with Gasteiger partial charge in [-0.2, -0.15) is 5.10 Å². The van der Waals surface area contributed by atoms with Gasteiger partial charge in [0.15, 0.2) is 16.2 Å². The van der Waals surface area contributed by atoms with Gasteiger partial charge in [-0.05, 0) is 47.1 Å². The molecule has 0 aromatic carbocycles. The van der Waals surface area contributed by atoms with Gasteiger partial charge in [-0.15, -0.1) is 5.10 Å². The van der Waals surface area contributed by atoms with Crippen molar-refractivity contribution in [2.75, 3.05) is 31.1 Å². The van der Waals surface area contributed by atoms with E-state index in [1.54, 1.807) is 17.0 Å². The molecule has 1 saturated heterocycles. The highest BCUT2D eigenvalue weighted by atomic mass is 79.9. The highest BCUT2D eigenvalue weighted by Crippen LogP contribution is 2.18. The van der Waals surface area contributed by atoms with Crippen LogP contribution < -0.4 is 4.90 Å². The molecule has 0 spiro atoms. The van der Waals surface area contributed by atoms with Gasteiger partial charge in [0, 0.05) is 26.2 Å². The molecule has 2 aromatic heterocycles. The number of amides is 1. The van der Waals surface area contributed by atoms with Crippen LogP contribution >= 0.6 is 15.9 Å². The summed E-state index contributed by atoms with van der Waals surface area (Å²) in [6.07, 6.45) is 0. The van der Waals surface area contributed by atoms with Crippen molar-refractivity contribution in [2.45, 2.75) is 6.92 Å². The molecule has 3 heterocycles. The Balaban J connectivity index is 1.62. The van der Waals surface area contributed by atoms with Crippen molar-refractivity contribution in [2.24, 2.45) is 0 Å². The number of aryl methyl sites for hydroxylation is 1. The number of hydrogen-bond acceptors (Lipinski definition) is 5. The van der Waals surface area contributed by atoms with Gasteiger partial charge in [-0.25, -0.2) is 0 Å². The zero-order chi connectivity index (χ0) is 14.8. The Morgan fingerprint density at radius 1 is 1.14 bits per heavy atom. The predicted octanol–water partition coefficient (Wildman–Crippen LogP) is 2.10. The molecule has 1 aliphatic rings. The van der Waals surface area contributed by atoms with E-state index in [0.717, 1.165) is 24.6 Å². The van der Waals surface area contributed by atoms with Gasteiger partial charge in [-0.1, -0.05) is 0 Å². The summed E-state index contributed by atoms with van der Waals surface area (Å²) in [5, 5.41) is 8.25. The third kappa shape index (κ3) is 3.07. The minimum absolute atomic E-state index is 0.0738. The van der Waals surface area contributed by atoms with Crippen molar-refractivity contribution < 1.29 is 9.21 Å². The fraction of sp³-hybridized carbons (Fsp3) is 0.357. The van der Waals surface area contributed by atoms with Crippen molar-refractivity contribution in [3.8, 4) is 0 Å². The number of aromatic nitrogens is 2. The summed E-state index contributed by atoms with van der Waals surface area (Å²) in [7, 11) is 0. The van der Waals surface area contributed by atoms with Gasteiger partial charge in [0.05, 0.1) is 5.69 Å². The fourth-order valence-electron chi connectivity index (χ4n) is 2.28. The Morgan fingerprint density at radius 2 is 1.90 bits per heavy atom. The van der Waals surface area contributed by atoms with Crippen molar-refractivity contribution in [3.63, 3.8) is 0 Å². The number of hydrogen-bond donors (Lipinski definition) is 0. The van der Waals surface area contributed by atoms with Gasteiger partial charge < -0.3 is 14.2 Å². The third-order valence-electron chi connectivity index (χ3n) is 3.46. The van der Waals surface area contributed by atoms with Crippen LogP contribution in [0.1, 0.15) is 16.2 Å². The number of furan rings is 1. The van der Waals surface area contributed by atoms with Crippen LogP contribution in [0.25, 0.3) is 0 Å². The SMILES string of the molecule is Cc1ccc(N2CCN(C(=O)c3ccc(Br)o3)CC2)nn1. The number of nitrogens with zero attached hydrogens (tertiary/aromatic N) is 4. The average molecular weight is 351 g/mol. The summed E-state index contributed by atoms with van der Waals surface area (Å²) in [6, 6.07) is 7.32. The molecule has 2 aromatic rings. The van der Waals surface area contributed by atoms with Crippen molar-refractivity contribution in [1.29, 1.82) is 0 Å². The monoisotopic (exact) mass is 350 g/mol. The number of carbonyl (C=O) groups excluding carboxylic acids is 1. The fourth-order valence-corrected chi connectivity index (χ4v) is 2.59. The first-order chi connectivity index (χ1) is 10.1. The first-order valence-corrected chi connectivity index (χ1v) is 7.53. The van der Waals surface area contributed by atoms with Crippen LogP contribution in [0.3, 0.4) is 0 Å². The molecule has 0 bridgehead atoms. The van der Waals surface area contributed by atoms with E-state index in [1.165, 1.54) is 0 Å². The van der Waals surface area contributed by atoms with Crippen LogP contribution in [0.2, 0.25) is 0 Å². The molecule has 0 atom stereocenters. The van der Waals surface area contributed by atoms with Crippen LogP contribution in [0.4, 0.5) is 5.82 Å². The van der Waals surface area contributed by atoms with Gasteiger partial charge in [0.1, 0.15) is 0 Å². The van der Waals surface area contributed by atoms with Gasteiger partial charge >= 0.3 is 0 Å². The minimum Gasteiger partial charge on any atom is -0.444 e. The van der Waals surface area contributed by atoms with Gasteiger partial charge in [0.25, 0.3) is 5.91 Å². The van der Waals surface area contributed by atoms with Gasteiger partial charge in [0.2, 0.25) is 0 Å². The minimum atomic E-state index is -0.0738. The second-order valence-corrected chi connectivity index (χ2v) is 5.70. The average Bonchev–Trinajstić information content (AvgIpc) is 2.94. The van der Waals surface area contributed by atoms with Crippen LogP contribution in [0.5, 0.6) is 0 Å². The van der Waals surface area contributed by atoms with E-state index < -0.39 is 0 Å². The lowest BCUT2D eigenvalue weighted by molar-refractivity contribution is 0.0713. The molecule has 0 N–H and O–H groups in total. The van der Waals surface area contributed by atoms with E-state index in [4.69, 9.17) is 4.42 Å². The van der Waals surface area contributed by atoms with Crippen LogP contribution in [-0.4, -0.2) is 47.2 Å². The molecule has 3 rings (SSSR count). The van der Waals surface area contributed by atoms with Crippen molar-refractivity contribution in [3.05, 3.63) is 40.4 Å². The summed E-state index contributed by atoms with van der Waals surface area (Å²) in [4.78, 5) is 16.2. The lowest BCUT2D eigenvalue weighted by atomic mass is 10.2.